The lowest BCUT2D eigenvalue weighted by Gasteiger charge is -2.46. The first-order chi connectivity index (χ1) is 16.5. The number of hydrogen-bond acceptors (Lipinski definition) is 8. The molecule has 198 valence electrons. The van der Waals surface area contributed by atoms with Crippen LogP contribution >= 0.6 is 0 Å². The Bertz CT molecular complexity index is 877. The monoisotopic (exact) mass is 494 g/mol. The van der Waals surface area contributed by atoms with Crippen LogP contribution in [0, 0.1) is 5.92 Å². The molecule has 2 heterocycles. The Morgan fingerprint density at radius 2 is 1.74 bits per heavy atom. The van der Waals surface area contributed by atoms with Crippen LogP contribution in [0.25, 0.3) is 0 Å². The smallest absolute Gasteiger partial charge is 0.184 e. The number of fused-ring (bicyclic) bond motifs is 3. The maximum atomic E-state index is 10.7. The first-order valence-corrected chi connectivity index (χ1v) is 12.7. The third-order valence-electron chi connectivity index (χ3n) is 7.46. The molecule has 35 heavy (non-hydrogen) atoms. The predicted molar refractivity (Wildman–Crippen MR) is 131 cm³/mol. The van der Waals surface area contributed by atoms with E-state index in [0.717, 1.165) is 30.6 Å². The van der Waals surface area contributed by atoms with E-state index in [4.69, 9.17) is 30.3 Å². The van der Waals surface area contributed by atoms with E-state index in [-0.39, 0.29) is 11.5 Å². The molecule has 0 spiro atoms. The van der Waals surface area contributed by atoms with Crippen molar-refractivity contribution < 1.29 is 40.1 Å². The second-order valence-corrected chi connectivity index (χ2v) is 10.6. The molecule has 0 amide bonds. The number of ether oxygens (including phenoxy) is 2. The van der Waals surface area contributed by atoms with Crippen LogP contribution in [0.15, 0.2) is 23.8 Å². The molecule has 1 fully saturated rings. The number of aromatic hydroxyl groups is 1. The van der Waals surface area contributed by atoms with Crippen molar-refractivity contribution in [3.8, 4) is 11.5 Å². The van der Waals surface area contributed by atoms with Crippen LogP contribution in [0.3, 0.4) is 0 Å². The van der Waals surface area contributed by atoms with Crippen LogP contribution in [0.4, 0.5) is 0 Å². The highest BCUT2D eigenvalue weighted by Gasteiger charge is 2.45. The van der Waals surface area contributed by atoms with E-state index < -0.39 is 37.3 Å². The molecule has 0 radical (unpaired) electrons. The number of rotatable bonds is 5. The van der Waals surface area contributed by atoms with E-state index >= 15 is 0 Å². The molecule has 0 aromatic heterocycles. The summed E-state index contributed by atoms with van der Waals surface area (Å²) in [7, 11) is 0. The highest BCUT2D eigenvalue weighted by molar-refractivity contribution is 5.54. The topological polar surface area (TPSA) is 140 Å². The van der Waals surface area contributed by atoms with E-state index in [0.29, 0.717) is 11.7 Å². The third-order valence-corrected chi connectivity index (χ3v) is 7.46. The van der Waals surface area contributed by atoms with Gasteiger partial charge in [-0.25, -0.2) is 0 Å². The summed E-state index contributed by atoms with van der Waals surface area (Å²) in [6, 6.07) is 4.13. The van der Waals surface area contributed by atoms with Crippen molar-refractivity contribution in [3.63, 3.8) is 0 Å². The number of phenols is 1. The average Bonchev–Trinajstić information content (AvgIpc) is 2.79. The van der Waals surface area contributed by atoms with Gasteiger partial charge in [0.05, 0.1) is 6.61 Å². The average molecular weight is 495 g/mol. The molecule has 1 saturated heterocycles. The Hall–Kier alpha value is -1.68. The quantitative estimate of drug-likeness (QED) is 0.271. The first-order valence-electron chi connectivity index (χ1n) is 12.7. The molecule has 3 aliphatic rings. The number of phenolic OH excluding ortho intramolecular Hbond substituents is 1. The highest BCUT2D eigenvalue weighted by atomic mass is 16.6. The van der Waals surface area contributed by atoms with Gasteiger partial charge in [0.1, 0.15) is 41.5 Å². The molecular formula is C27H42O8. The first kappa shape index (κ1) is 27.9. The number of aryl methyl sites for hydroxylation is 1. The van der Waals surface area contributed by atoms with Crippen LogP contribution in [0.1, 0.15) is 76.8 Å². The lowest BCUT2D eigenvalue weighted by Crippen LogP contribution is -2.58. The Morgan fingerprint density at radius 3 is 2.40 bits per heavy atom. The summed E-state index contributed by atoms with van der Waals surface area (Å²) < 4.78 is 10.9. The van der Waals surface area contributed by atoms with Gasteiger partial charge in [-0.3, -0.25) is 0 Å². The predicted octanol–water partition coefficient (Wildman–Crippen LogP) is 2.51. The summed E-state index contributed by atoms with van der Waals surface area (Å²) in [4.78, 5) is 0. The Morgan fingerprint density at radius 1 is 1.03 bits per heavy atom. The molecule has 7 atom stereocenters. The summed E-state index contributed by atoms with van der Waals surface area (Å²) in [5.41, 5.74) is 3.46. The van der Waals surface area contributed by atoms with Gasteiger partial charge in [-0.2, -0.15) is 0 Å². The fourth-order valence-corrected chi connectivity index (χ4v) is 5.38. The molecule has 6 N–H and O–H groups in total. The molecule has 8 nitrogen and oxygen atoms in total. The van der Waals surface area contributed by atoms with Gasteiger partial charge in [-0.1, -0.05) is 31.4 Å². The fourth-order valence-electron chi connectivity index (χ4n) is 5.38. The second kappa shape index (κ2) is 11.6. The Labute approximate surface area is 207 Å². The van der Waals surface area contributed by atoms with Crippen molar-refractivity contribution >= 4 is 0 Å². The van der Waals surface area contributed by atoms with E-state index in [1.807, 2.05) is 6.07 Å². The van der Waals surface area contributed by atoms with Crippen LogP contribution in [0.5, 0.6) is 11.5 Å². The largest absolute Gasteiger partial charge is 0.507 e. The maximum Gasteiger partial charge on any atom is 0.184 e. The van der Waals surface area contributed by atoms with Gasteiger partial charge in [0.25, 0.3) is 0 Å². The van der Waals surface area contributed by atoms with Crippen molar-refractivity contribution in [2.24, 2.45) is 5.92 Å². The van der Waals surface area contributed by atoms with Crippen LogP contribution < -0.4 is 4.74 Å². The standard InChI is InChI=1S/C21H30O2.C6H12O6/c1-5-6-7-8-15-12-18(22)20-16-11-14(2)9-10-17(16)21(3,4)23-19(20)13-15;7-1-2-3(8)4(9)5(10)6(11)12-2/h11-13,16-17,22H,5-10H2,1-4H3;2-11H,1H2/t16-,17-;2-,3-,4+,5-,6?/m11/s1. The Kier molecular flexibility index (Phi) is 9.23. The van der Waals surface area contributed by atoms with Crippen LogP contribution in [-0.2, 0) is 11.2 Å². The Balaban J connectivity index is 0.000000241. The summed E-state index contributed by atoms with van der Waals surface area (Å²) in [5.74, 6) is 2.04. The van der Waals surface area contributed by atoms with Gasteiger partial charge in [0, 0.05) is 17.4 Å². The van der Waals surface area contributed by atoms with E-state index in [1.54, 1.807) is 0 Å². The van der Waals surface area contributed by atoms with Gasteiger partial charge < -0.3 is 40.1 Å². The van der Waals surface area contributed by atoms with Crippen molar-refractivity contribution in [3.05, 3.63) is 34.9 Å². The molecule has 1 aromatic carbocycles. The van der Waals surface area contributed by atoms with Crippen molar-refractivity contribution in [1.29, 1.82) is 0 Å². The third kappa shape index (κ3) is 6.18. The molecule has 2 aliphatic heterocycles. The zero-order valence-corrected chi connectivity index (χ0v) is 21.2. The summed E-state index contributed by atoms with van der Waals surface area (Å²) >= 11 is 0. The lowest BCUT2D eigenvalue weighted by atomic mass is 9.68. The summed E-state index contributed by atoms with van der Waals surface area (Å²) in [5, 5.41) is 55.3. The number of aliphatic hydroxyl groups is 5. The number of hydrogen-bond donors (Lipinski definition) is 6. The number of aliphatic hydroxyl groups excluding tert-OH is 5. The van der Waals surface area contributed by atoms with Gasteiger partial charge in [0.15, 0.2) is 6.29 Å². The minimum absolute atomic E-state index is 0.177. The molecule has 8 heteroatoms. The van der Waals surface area contributed by atoms with Gasteiger partial charge >= 0.3 is 0 Å². The highest BCUT2D eigenvalue weighted by Crippen LogP contribution is 2.53. The molecule has 0 saturated carbocycles. The summed E-state index contributed by atoms with van der Waals surface area (Å²) in [6.07, 6.45) is 2.22. The minimum atomic E-state index is -1.57. The minimum Gasteiger partial charge on any atom is -0.507 e. The number of allylic oxidation sites excluding steroid dienone is 2. The van der Waals surface area contributed by atoms with Gasteiger partial charge in [-0.05, 0) is 64.2 Å². The van der Waals surface area contributed by atoms with E-state index in [2.05, 4.69) is 44.6 Å². The molecule has 0 bridgehead atoms. The summed E-state index contributed by atoms with van der Waals surface area (Å²) in [6.45, 7) is 8.29. The maximum absolute atomic E-state index is 10.7. The second-order valence-electron chi connectivity index (χ2n) is 10.6. The molecule has 1 unspecified atom stereocenters. The zero-order valence-electron chi connectivity index (χ0n) is 21.2. The SMILES string of the molecule is CCCCCc1cc(O)c2c(c1)OC(C)(C)[C@@H]1CCC(C)=C[C@@H]21.OC[C@H]1OC(O)[C@H](O)[C@@H](O)[C@@H]1O. The molecule has 4 rings (SSSR count). The van der Waals surface area contributed by atoms with Crippen molar-refractivity contribution in [2.45, 2.75) is 108 Å². The van der Waals surface area contributed by atoms with E-state index in [9.17, 15) is 5.11 Å². The number of benzene rings is 1. The van der Waals surface area contributed by atoms with Gasteiger partial charge in [0.2, 0.25) is 0 Å². The molecule has 1 aromatic rings. The van der Waals surface area contributed by atoms with Crippen LogP contribution in [0.2, 0.25) is 0 Å². The van der Waals surface area contributed by atoms with E-state index in [1.165, 1.54) is 30.4 Å². The normalized spacial score (nSPS) is 33.4. The molecule has 1 aliphatic carbocycles. The lowest BCUT2D eigenvalue weighted by molar-refractivity contribution is -0.286. The fraction of sp³-hybridized carbons (Fsp3) is 0.704. The van der Waals surface area contributed by atoms with Gasteiger partial charge in [-0.15, -0.1) is 0 Å². The number of unbranched alkanes of at least 4 members (excludes halogenated alkanes) is 2. The zero-order chi connectivity index (χ0) is 25.9. The van der Waals surface area contributed by atoms with Crippen LogP contribution in [-0.4, -0.2) is 73.6 Å². The van der Waals surface area contributed by atoms with Crippen molar-refractivity contribution in [2.75, 3.05) is 6.61 Å². The molecular weight excluding hydrogens is 452 g/mol. The van der Waals surface area contributed by atoms with Crippen molar-refractivity contribution in [1.82, 2.24) is 0 Å².